The van der Waals surface area contributed by atoms with Crippen LogP contribution in [-0.2, 0) is 29.0 Å². The second-order valence-electron chi connectivity index (χ2n) is 8.48. The Kier molecular flexibility index (Phi) is 7.85. The molecule has 1 saturated heterocycles. The van der Waals surface area contributed by atoms with E-state index in [1.165, 1.54) is 12.0 Å². The van der Waals surface area contributed by atoms with E-state index >= 15 is 0 Å². The largest absolute Gasteiger partial charge is 0.465 e. The highest BCUT2D eigenvalue weighted by Gasteiger charge is 2.33. The molecule has 0 saturated carbocycles. The first-order chi connectivity index (χ1) is 17.4. The Morgan fingerprint density at radius 3 is 2.39 bits per heavy atom. The van der Waals surface area contributed by atoms with Crippen LogP contribution < -0.4 is 5.32 Å². The number of hydrogen-bond acceptors (Lipinski definition) is 5. The molecule has 1 aromatic heterocycles. The number of methoxy groups -OCH3 is 1. The van der Waals surface area contributed by atoms with Crippen LogP contribution in [0.15, 0.2) is 60.4 Å². The van der Waals surface area contributed by atoms with Crippen molar-refractivity contribution in [1.82, 2.24) is 19.8 Å². The third kappa shape index (κ3) is 5.66. The minimum atomic E-state index is -0.475. The number of carbonyl (C=O) groups is 3. The van der Waals surface area contributed by atoms with Gasteiger partial charge in [0.2, 0.25) is 0 Å². The Morgan fingerprint density at radius 2 is 1.72 bits per heavy atom. The molecule has 0 spiro atoms. The van der Waals surface area contributed by atoms with Gasteiger partial charge in [0.1, 0.15) is 11.5 Å². The number of esters is 1. The highest BCUT2D eigenvalue weighted by Crippen LogP contribution is 2.23. The lowest BCUT2D eigenvalue weighted by Crippen LogP contribution is -2.27. The molecule has 0 atom stereocenters. The molecule has 4 rings (SSSR count). The third-order valence-electron chi connectivity index (χ3n) is 5.97. The van der Waals surface area contributed by atoms with E-state index in [0.29, 0.717) is 22.8 Å². The van der Waals surface area contributed by atoms with E-state index in [4.69, 9.17) is 16.3 Å². The van der Waals surface area contributed by atoms with Gasteiger partial charge in [-0.05, 0) is 47.9 Å². The van der Waals surface area contributed by atoms with Gasteiger partial charge in [-0.3, -0.25) is 15.0 Å². The molecule has 1 aliphatic rings. The quantitative estimate of drug-likeness (QED) is 0.255. The SMILES string of the molecule is CCCCc1ncc(/C=C2/C(=O)NC(=O)N2Cc2ccc(Cl)cc2)n1Cc1ccc(C(=O)OC)cc1. The van der Waals surface area contributed by atoms with Crippen LogP contribution in [0.1, 0.15) is 52.8 Å². The van der Waals surface area contributed by atoms with Crippen molar-refractivity contribution < 1.29 is 19.1 Å². The molecule has 186 valence electrons. The first kappa shape index (κ1) is 25.2. The summed E-state index contributed by atoms with van der Waals surface area (Å²) < 4.78 is 6.81. The summed E-state index contributed by atoms with van der Waals surface area (Å²) in [7, 11) is 1.35. The molecule has 3 aromatic rings. The van der Waals surface area contributed by atoms with Crippen molar-refractivity contribution in [1.29, 1.82) is 0 Å². The number of nitrogens with zero attached hydrogens (tertiary/aromatic N) is 3. The molecule has 36 heavy (non-hydrogen) atoms. The number of rotatable bonds is 9. The second-order valence-corrected chi connectivity index (χ2v) is 8.92. The summed E-state index contributed by atoms with van der Waals surface area (Å²) in [6, 6.07) is 13.8. The number of aryl methyl sites for hydroxylation is 1. The lowest BCUT2D eigenvalue weighted by molar-refractivity contribution is -0.116. The minimum absolute atomic E-state index is 0.229. The standard InChI is InChI=1S/C27H27ClN4O4/c1-3-4-5-24-29-15-22(31(24)16-18-6-10-20(11-7-18)26(34)36-2)14-23-25(33)30-27(35)32(23)17-19-8-12-21(28)13-9-19/h6-15H,3-5,16-17H2,1-2H3,(H,30,33,35)/b23-14-. The fourth-order valence-corrected chi connectivity index (χ4v) is 4.11. The molecule has 1 fully saturated rings. The number of ether oxygens (including phenoxy) is 1. The van der Waals surface area contributed by atoms with Crippen molar-refractivity contribution in [2.75, 3.05) is 7.11 Å². The van der Waals surface area contributed by atoms with Crippen LogP contribution >= 0.6 is 11.6 Å². The molecule has 1 N–H and O–H groups in total. The van der Waals surface area contributed by atoms with E-state index in [-0.39, 0.29) is 12.2 Å². The van der Waals surface area contributed by atoms with Crippen LogP contribution in [0.3, 0.4) is 0 Å². The molecule has 0 unspecified atom stereocenters. The average Bonchev–Trinajstić information content (AvgIpc) is 3.38. The zero-order chi connectivity index (χ0) is 25.7. The van der Waals surface area contributed by atoms with Crippen molar-refractivity contribution in [2.24, 2.45) is 0 Å². The molecule has 0 aliphatic carbocycles. The van der Waals surface area contributed by atoms with Crippen LogP contribution in [-0.4, -0.2) is 39.5 Å². The van der Waals surface area contributed by atoms with Gasteiger partial charge in [-0.25, -0.2) is 14.6 Å². The lowest BCUT2D eigenvalue weighted by atomic mass is 10.1. The number of urea groups is 1. The maximum absolute atomic E-state index is 12.7. The number of carbonyl (C=O) groups excluding carboxylic acids is 3. The van der Waals surface area contributed by atoms with Crippen molar-refractivity contribution in [3.63, 3.8) is 0 Å². The molecule has 3 amide bonds. The number of unbranched alkanes of at least 4 members (excludes halogenated alkanes) is 1. The Labute approximate surface area is 214 Å². The van der Waals surface area contributed by atoms with Crippen LogP contribution in [0, 0.1) is 0 Å². The van der Waals surface area contributed by atoms with E-state index in [1.807, 2.05) is 28.8 Å². The number of amides is 3. The number of halogens is 1. The summed E-state index contributed by atoms with van der Waals surface area (Å²) in [5, 5.41) is 2.98. The van der Waals surface area contributed by atoms with Crippen LogP contribution in [0.4, 0.5) is 4.79 Å². The van der Waals surface area contributed by atoms with Crippen molar-refractivity contribution in [2.45, 2.75) is 39.3 Å². The molecular formula is C27H27ClN4O4. The Balaban J connectivity index is 1.66. The van der Waals surface area contributed by atoms with E-state index in [9.17, 15) is 14.4 Å². The van der Waals surface area contributed by atoms with Crippen LogP contribution in [0.5, 0.6) is 0 Å². The molecule has 9 heteroatoms. The normalized spacial score (nSPS) is 14.4. The van der Waals surface area contributed by atoms with Gasteiger partial charge in [0, 0.05) is 18.0 Å². The number of hydrogen-bond donors (Lipinski definition) is 1. The molecule has 2 heterocycles. The van der Waals surface area contributed by atoms with Crippen LogP contribution in [0.25, 0.3) is 6.08 Å². The number of aromatic nitrogens is 2. The highest BCUT2D eigenvalue weighted by molar-refractivity contribution is 6.30. The van der Waals surface area contributed by atoms with Gasteiger partial charge in [-0.1, -0.05) is 49.2 Å². The maximum Gasteiger partial charge on any atom is 0.337 e. The number of benzene rings is 2. The fraction of sp³-hybridized carbons (Fsp3) is 0.259. The Morgan fingerprint density at radius 1 is 1.06 bits per heavy atom. The van der Waals surface area contributed by atoms with Gasteiger partial charge in [-0.15, -0.1) is 0 Å². The van der Waals surface area contributed by atoms with E-state index in [1.54, 1.807) is 36.5 Å². The zero-order valence-corrected chi connectivity index (χ0v) is 20.9. The Hall–Kier alpha value is -3.91. The lowest BCUT2D eigenvalue weighted by Gasteiger charge is -2.16. The minimum Gasteiger partial charge on any atom is -0.465 e. The van der Waals surface area contributed by atoms with Gasteiger partial charge in [0.25, 0.3) is 5.91 Å². The highest BCUT2D eigenvalue weighted by atomic mass is 35.5. The van der Waals surface area contributed by atoms with Gasteiger partial charge < -0.3 is 9.30 Å². The molecule has 0 radical (unpaired) electrons. The molecule has 0 bridgehead atoms. The number of imide groups is 1. The molecular weight excluding hydrogens is 480 g/mol. The first-order valence-electron chi connectivity index (χ1n) is 11.7. The topological polar surface area (TPSA) is 93.5 Å². The Bertz CT molecular complexity index is 1300. The predicted molar refractivity (Wildman–Crippen MR) is 136 cm³/mol. The average molecular weight is 507 g/mol. The summed E-state index contributed by atoms with van der Waals surface area (Å²) in [5.41, 5.74) is 3.23. The second kappa shape index (κ2) is 11.2. The van der Waals surface area contributed by atoms with Gasteiger partial charge in [0.15, 0.2) is 0 Å². The first-order valence-corrected chi connectivity index (χ1v) is 12.1. The zero-order valence-electron chi connectivity index (χ0n) is 20.2. The summed E-state index contributed by atoms with van der Waals surface area (Å²) >= 11 is 5.98. The summed E-state index contributed by atoms with van der Waals surface area (Å²) in [4.78, 5) is 43.0. The maximum atomic E-state index is 12.7. The summed E-state index contributed by atoms with van der Waals surface area (Å²) in [6.07, 6.45) is 6.18. The third-order valence-corrected chi connectivity index (χ3v) is 6.22. The molecule has 2 aromatic carbocycles. The van der Waals surface area contributed by atoms with Gasteiger partial charge >= 0.3 is 12.0 Å². The van der Waals surface area contributed by atoms with Gasteiger partial charge in [0.05, 0.1) is 31.1 Å². The summed E-state index contributed by atoms with van der Waals surface area (Å²) in [6.45, 7) is 2.84. The number of nitrogens with one attached hydrogen (secondary N) is 1. The van der Waals surface area contributed by atoms with Crippen molar-refractivity contribution >= 4 is 35.6 Å². The monoisotopic (exact) mass is 506 g/mol. The van der Waals surface area contributed by atoms with Gasteiger partial charge in [-0.2, -0.15) is 0 Å². The van der Waals surface area contributed by atoms with Crippen molar-refractivity contribution in [3.8, 4) is 0 Å². The van der Waals surface area contributed by atoms with Crippen molar-refractivity contribution in [3.05, 3.63) is 93.7 Å². The van der Waals surface area contributed by atoms with Crippen LogP contribution in [0.2, 0.25) is 5.02 Å². The molecule has 1 aliphatic heterocycles. The predicted octanol–water partition coefficient (Wildman–Crippen LogP) is 4.81. The van der Waals surface area contributed by atoms with E-state index in [0.717, 1.165) is 36.2 Å². The van der Waals surface area contributed by atoms with E-state index in [2.05, 4.69) is 17.2 Å². The smallest absolute Gasteiger partial charge is 0.337 e. The fourth-order valence-electron chi connectivity index (χ4n) is 3.98. The number of imidazole rings is 1. The summed E-state index contributed by atoms with van der Waals surface area (Å²) in [5.74, 6) is 0.0323. The molecule has 8 nitrogen and oxygen atoms in total. The van der Waals surface area contributed by atoms with E-state index < -0.39 is 17.9 Å².